The molecule has 0 saturated carbocycles. The van der Waals surface area contributed by atoms with Gasteiger partial charge in [-0.3, -0.25) is 4.90 Å². The van der Waals surface area contributed by atoms with Crippen LogP contribution in [0.25, 0.3) is 0 Å². The van der Waals surface area contributed by atoms with Crippen molar-refractivity contribution in [2.75, 3.05) is 32.8 Å². The Kier molecular flexibility index (Phi) is 7.54. The van der Waals surface area contributed by atoms with Gasteiger partial charge >= 0.3 is 6.09 Å². The van der Waals surface area contributed by atoms with Crippen LogP contribution in [0.3, 0.4) is 0 Å². The molecule has 1 aliphatic rings. The van der Waals surface area contributed by atoms with Gasteiger partial charge in [0.05, 0.1) is 18.2 Å². The molecule has 1 saturated heterocycles. The van der Waals surface area contributed by atoms with Gasteiger partial charge in [-0.15, -0.1) is 0 Å². The van der Waals surface area contributed by atoms with Crippen molar-refractivity contribution in [3.8, 4) is 11.8 Å². The predicted octanol–water partition coefficient (Wildman–Crippen LogP) is 4.23. The Morgan fingerprint density at radius 2 is 1.58 bits per heavy atom. The summed E-state index contributed by atoms with van der Waals surface area (Å²) in [7, 11) is 0. The average Bonchev–Trinajstić information content (AvgIpc) is 2.75. The zero-order chi connectivity index (χ0) is 22.3. The number of piperazine rings is 1. The highest BCUT2D eigenvalue weighted by molar-refractivity contribution is 5.68. The summed E-state index contributed by atoms with van der Waals surface area (Å²) >= 11 is 0. The second-order valence-corrected chi connectivity index (χ2v) is 8.79. The third-order valence-electron chi connectivity index (χ3n) is 5.10. The minimum Gasteiger partial charge on any atom is -0.493 e. The molecule has 0 N–H and O–H groups in total. The first-order valence-corrected chi connectivity index (χ1v) is 10.7. The van der Waals surface area contributed by atoms with Crippen molar-refractivity contribution < 1.29 is 14.3 Å². The van der Waals surface area contributed by atoms with Crippen LogP contribution in [-0.2, 0) is 17.7 Å². The van der Waals surface area contributed by atoms with Crippen LogP contribution in [-0.4, -0.2) is 54.3 Å². The number of amides is 1. The number of nitriles is 1. The highest BCUT2D eigenvalue weighted by atomic mass is 16.6. The lowest BCUT2D eigenvalue weighted by Gasteiger charge is -2.35. The van der Waals surface area contributed by atoms with Gasteiger partial charge in [-0.25, -0.2) is 4.79 Å². The SMILES string of the molecule is CC(C)(C)OC(=O)N1CCN(Cc2ccc(CCOc3ccc(C#N)cc3)cc2)CC1. The summed E-state index contributed by atoms with van der Waals surface area (Å²) < 4.78 is 11.2. The van der Waals surface area contributed by atoms with Crippen LogP contribution in [0.5, 0.6) is 5.75 Å². The second kappa shape index (κ2) is 10.3. The van der Waals surface area contributed by atoms with E-state index >= 15 is 0 Å². The van der Waals surface area contributed by atoms with Crippen molar-refractivity contribution in [3.63, 3.8) is 0 Å². The van der Waals surface area contributed by atoms with Crippen molar-refractivity contribution in [2.24, 2.45) is 0 Å². The fourth-order valence-electron chi connectivity index (χ4n) is 3.40. The van der Waals surface area contributed by atoms with Crippen molar-refractivity contribution in [1.82, 2.24) is 9.80 Å². The van der Waals surface area contributed by atoms with Crippen LogP contribution in [0.1, 0.15) is 37.5 Å². The van der Waals surface area contributed by atoms with Gasteiger partial charge < -0.3 is 14.4 Å². The number of carbonyl (C=O) groups excluding carboxylic acids is 1. The van der Waals surface area contributed by atoms with Crippen molar-refractivity contribution in [2.45, 2.75) is 39.3 Å². The smallest absolute Gasteiger partial charge is 0.410 e. The van der Waals surface area contributed by atoms with Crippen LogP contribution >= 0.6 is 0 Å². The summed E-state index contributed by atoms with van der Waals surface area (Å²) in [6, 6.07) is 17.9. The molecule has 0 unspecified atom stereocenters. The zero-order valence-electron chi connectivity index (χ0n) is 18.6. The van der Waals surface area contributed by atoms with E-state index in [-0.39, 0.29) is 6.09 Å². The summed E-state index contributed by atoms with van der Waals surface area (Å²) in [4.78, 5) is 16.3. The fourth-order valence-corrected chi connectivity index (χ4v) is 3.40. The molecule has 2 aromatic rings. The number of hydrogen-bond donors (Lipinski definition) is 0. The van der Waals surface area contributed by atoms with Gasteiger partial charge in [0.1, 0.15) is 11.4 Å². The summed E-state index contributed by atoms with van der Waals surface area (Å²) in [5.41, 5.74) is 2.67. The normalized spacial score (nSPS) is 14.7. The zero-order valence-corrected chi connectivity index (χ0v) is 18.6. The number of hydrogen-bond acceptors (Lipinski definition) is 5. The molecule has 1 fully saturated rings. The molecule has 1 amide bonds. The van der Waals surface area contributed by atoms with Gasteiger partial charge in [0.15, 0.2) is 0 Å². The maximum atomic E-state index is 12.2. The van der Waals surface area contributed by atoms with E-state index in [0.717, 1.165) is 31.8 Å². The van der Waals surface area contributed by atoms with E-state index in [1.807, 2.05) is 32.9 Å². The highest BCUT2D eigenvalue weighted by Gasteiger charge is 2.25. The van der Waals surface area contributed by atoms with Crippen molar-refractivity contribution in [3.05, 3.63) is 65.2 Å². The molecule has 0 aliphatic carbocycles. The topological polar surface area (TPSA) is 65.8 Å². The molecule has 0 bridgehead atoms. The van der Waals surface area contributed by atoms with Gasteiger partial charge in [-0.05, 0) is 56.2 Å². The van der Waals surface area contributed by atoms with Crippen LogP contribution in [0.2, 0.25) is 0 Å². The first kappa shape index (κ1) is 22.6. The van der Waals surface area contributed by atoms with E-state index < -0.39 is 5.60 Å². The van der Waals surface area contributed by atoms with Gasteiger partial charge in [0.2, 0.25) is 0 Å². The van der Waals surface area contributed by atoms with E-state index in [0.29, 0.717) is 25.3 Å². The average molecular weight is 422 g/mol. The number of rotatable bonds is 6. The minimum atomic E-state index is -0.455. The Balaban J connectivity index is 1.39. The first-order chi connectivity index (χ1) is 14.8. The molecule has 6 nitrogen and oxygen atoms in total. The molecule has 0 aromatic heterocycles. The predicted molar refractivity (Wildman–Crippen MR) is 120 cm³/mol. The Bertz CT molecular complexity index is 888. The van der Waals surface area contributed by atoms with Crippen molar-refractivity contribution in [1.29, 1.82) is 5.26 Å². The van der Waals surface area contributed by atoms with E-state index in [9.17, 15) is 4.79 Å². The van der Waals surface area contributed by atoms with Crippen LogP contribution < -0.4 is 4.74 Å². The van der Waals surface area contributed by atoms with Gasteiger partial charge in [-0.2, -0.15) is 5.26 Å². The van der Waals surface area contributed by atoms with Gasteiger partial charge in [0, 0.05) is 39.1 Å². The third kappa shape index (κ3) is 7.30. The largest absolute Gasteiger partial charge is 0.493 e. The van der Waals surface area contributed by atoms with Crippen LogP contribution in [0, 0.1) is 11.3 Å². The van der Waals surface area contributed by atoms with Crippen LogP contribution in [0.15, 0.2) is 48.5 Å². The first-order valence-electron chi connectivity index (χ1n) is 10.7. The van der Waals surface area contributed by atoms with E-state index in [2.05, 4.69) is 35.2 Å². The maximum absolute atomic E-state index is 12.2. The lowest BCUT2D eigenvalue weighted by Crippen LogP contribution is -2.49. The number of nitrogens with zero attached hydrogens (tertiary/aromatic N) is 3. The molecule has 0 spiro atoms. The quantitative estimate of drug-likeness (QED) is 0.698. The molecule has 1 heterocycles. The molecule has 164 valence electrons. The standard InChI is InChI=1S/C25H31N3O3/c1-25(2,3)31-24(29)28-15-13-27(14-16-28)19-22-6-4-20(5-7-22)12-17-30-23-10-8-21(18-26)9-11-23/h4-11H,12-17,19H2,1-3H3. The van der Waals surface area contributed by atoms with E-state index in [1.54, 1.807) is 17.0 Å². The maximum Gasteiger partial charge on any atom is 0.410 e. The summed E-state index contributed by atoms with van der Waals surface area (Å²) in [6.45, 7) is 10.2. The molecule has 6 heteroatoms. The second-order valence-electron chi connectivity index (χ2n) is 8.79. The highest BCUT2D eigenvalue weighted by Crippen LogP contribution is 2.15. The molecule has 31 heavy (non-hydrogen) atoms. The molecule has 2 aromatic carbocycles. The van der Waals surface area contributed by atoms with Gasteiger partial charge in [0.25, 0.3) is 0 Å². The molecular weight excluding hydrogens is 390 g/mol. The van der Waals surface area contributed by atoms with E-state index in [1.165, 1.54) is 11.1 Å². The molecular formula is C25H31N3O3. The Morgan fingerprint density at radius 3 is 2.16 bits per heavy atom. The molecule has 0 atom stereocenters. The number of benzene rings is 2. The number of carbonyl (C=O) groups is 1. The van der Waals surface area contributed by atoms with Gasteiger partial charge in [-0.1, -0.05) is 24.3 Å². The third-order valence-corrected chi connectivity index (χ3v) is 5.10. The lowest BCUT2D eigenvalue weighted by atomic mass is 10.1. The summed E-state index contributed by atoms with van der Waals surface area (Å²) in [6.07, 6.45) is 0.606. The van der Waals surface area contributed by atoms with E-state index in [4.69, 9.17) is 14.7 Å². The monoisotopic (exact) mass is 421 g/mol. The Labute approximate surface area is 185 Å². The molecule has 1 aliphatic heterocycles. The lowest BCUT2D eigenvalue weighted by molar-refractivity contribution is 0.0139. The Morgan fingerprint density at radius 1 is 0.968 bits per heavy atom. The van der Waals surface area contributed by atoms with Crippen molar-refractivity contribution >= 4 is 6.09 Å². The fraction of sp³-hybridized carbons (Fsp3) is 0.440. The molecule has 0 radical (unpaired) electrons. The summed E-state index contributed by atoms with van der Waals surface area (Å²) in [5, 5.41) is 8.84. The minimum absolute atomic E-state index is 0.222. The number of ether oxygens (including phenoxy) is 2. The Hall–Kier alpha value is -3.04. The van der Waals surface area contributed by atoms with Crippen LogP contribution in [0.4, 0.5) is 4.79 Å². The molecule has 3 rings (SSSR count). The summed E-state index contributed by atoms with van der Waals surface area (Å²) in [5.74, 6) is 0.779.